The molecule has 9 nitrogen and oxygen atoms in total. The Labute approximate surface area is 113 Å². The number of benzene rings is 1. The number of nitrogen functional groups attached to an aromatic ring is 1. The second kappa shape index (κ2) is 4.58. The Kier molecular flexibility index (Phi) is 3.19. The Morgan fingerprint density at radius 3 is 2.50 bits per heavy atom. The third kappa shape index (κ3) is 2.46. The van der Waals surface area contributed by atoms with Gasteiger partial charge < -0.3 is 10.8 Å². The minimum Gasteiger partial charge on any atom is -0.477 e. The molecule has 106 valence electrons. The normalized spacial score (nSPS) is 15.3. The van der Waals surface area contributed by atoms with Crippen molar-refractivity contribution in [1.29, 1.82) is 0 Å². The van der Waals surface area contributed by atoms with Gasteiger partial charge in [-0.3, -0.25) is 9.35 Å². The summed E-state index contributed by atoms with van der Waals surface area (Å²) in [6, 6.07) is 3.29. The van der Waals surface area contributed by atoms with Gasteiger partial charge in [-0.15, -0.1) is 0 Å². The summed E-state index contributed by atoms with van der Waals surface area (Å²) in [6.07, 6.45) is -0.366. The van der Waals surface area contributed by atoms with Crippen molar-refractivity contribution in [3.63, 3.8) is 0 Å². The van der Waals surface area contributed by atoms with E-state index in [2.05, 4.69) is 5.10 Å². The summed E-state index contributed by atoms with van der Waals surface area (Å²) < 4.78 is 30.9. The van der Waals surface area contributed by atoms with E-state index in [-0.39, 0.29) is 23.5 Å². The maximum Gasteiger partial charge on any atom is 0.352 e. The molecule has 0 bridgehead atoms. The van der Waals surface area contributed by atoms with Crippen molar-refractivity contribution in [2.45, 2.75) is 11.3 Å². The van der Waals surface area contributed by atoms with Crippen LogP contribution < -0.4 is 10.7 Å². The molecule has 2 rings (SSSR count). The third-order valence-electron chi connectivity index (χ3n) is 2.54. The van der Waals surface area contributed by atoms with Crippen LogP contribution in [0, 0.1) is 0 Å². The van der Waals surface area contributed by atoms with Gasteiger partial charge in [-0.05, 0) is 18.2 Å². The van der Waals surface area contributed by atoms with Crippen LogP contribution in [0.4, 0.5) is 11.4 Å². The first-order valence-corrected chi connectivity index (χ1v) is 6.65. The highest BCUT2D eigenvalue weighted by Gasteiger charge is 2.29. The summed E-state index contributed by atoms with van der Waals surface area (Å²) in [5.41, 5.74) is 4.97. The summed E-state index contributed by atoms with van der Waals surface area (Å²) in [7, 11) is -4.47. The Balaban J connectivity index is 2.43. The van der Waals surface area contributed by atoms with Crippen molar-refractivity contribution in [2.24, 2.45) is 5.10 Å². The van der Waals surface area contributed by atoms with Crippen molar-refractivity contribution < 1.29 is 27.7 Å². The van der Waals surface area contributed by atoms with Crippen LogP contribution in [0.15, 0.2) is 28.2 Å². The zero-order valence-corrected chi connectivity index (χ0v) is 10.7. The number of rotatable bonds is 3. The standard InChI is InChI=1S/C10H9N3O6S/c11-6-3-5(1-2-8(6)20(17,18)19)13-9(14)4-7(12-13)10(15)16/h1-3H,4,11H2,(H,15,16)(H,17,18,19). The average molecular weight is 299 g/mol. The van der Waals surface area contributed by atoms with Crippen molar-refractivity contribution in [2.75, 3.05) is 10.7 Å². The maximum atomic E-state index is 11.6. The molecule has 0 saturated heterocycles. The van der Waals surface area contributed by atoms with Gasteiger partial charge in [-0.2, -0.15) is 18.5 Å². The lowest BCUT2D eigenvalue weighted by molar-refractivity contribution is -0.129. The predicted octanol–water partition coefficient (Wildman–Crippen LogP) is -0.307. The fourth-order valence-corrected chi connectivity index (χ4v) is 2.25. The lowest BCUT2D eigenvalue weighted by atomic mass is 10.2. The molecule has 4 N–H and O–H groups in total. The van der Waals surface area contributed by atoms with Crippen molar-refractivity contribution in [1.82, 2.24) is 0 Å². The molecule has 0 fully saturated rings. The van der Waals surface area contributed by atoms with Crippen LogP contribution in [0.5, 0.6) is 0 Å². The van der Waals surface area contributed by atoms with Crippen LogP contribution in [0.3, 0.4) is 0 Å². The molecule has 1 aromatic carbocycles. The molecule has 0 unspecified atom stereocenters. The number of nitrogens with two attached hydrogens (primary N) is 1. The predicted molar refractivity (Wildman–Crippen MR) is 67.8 cm³/mol. The first-order valence-electron chi connectivity index (χ1n) is 5.21. The molecule has 1 aliphatic rings. The number of anilines is 2. The number of hydrazone groups is 1. The van der Waals surface area contributed by atoms with E-state index in [1.54, 1.807) is 0 Å². The summed E-state index contributed by atoms with van der Waals surface area (Å²) in [5.74, 6) is -1.90. The molecule has 1 aromatic rings. The molecule has 1 amide bonds. The van der Waals surface area contributed by atoms with E-state index in [1.807, 2.05) is 0 Å². The van der Waals surface area contributed by atoms with Gasteiger partial charge in [0.2, 0.25) is 0 Å². The maximum absolute atomic E-state index is 11.6. The summed E-state index contributed by atoms with van der Waals surface area (Å²) in [6.45, 7) is 0. The fraction of sp³-hybridized carbons (Fsp3) is 0.100. The van der Waals surface area contributed by atoms with Crippen molar-refractivity contribution in [3.8, 4) is 0 Å². The van der Waals surface area contributed by atoms with Gasteiger partial charge in [0.05, 0.1) is 17.8 Å². The van der Waals surface area contributed by atoms with Gasteiger partial charge in [0.25, 0.3) is 16.0 Å². The van der Waals surface area contributed by atoms with Gasteiger partial charge >= 0.3 is 5.97 Å². The molecule has 0 aliphatic carbocycles. The van der Waals surface area contributed by atoms with Crippen LogP contribution in [0.1, 0.15) is 6.42 Å². The molecule has 0 atom stereocenters. The number of carbonyl (C=O) groups excluding carboxylic acids is 1. The first-order chi connectivity index (χ1) is 9.20. The second-order valence-electron chi connectivity index (χ2n) is 3.93. The van der Waals surface area contributed by atoms with Crippen LogP contribution in [-0.4, -0.2) is 35.7 Å². The van der Waals surface area contributed by atoms with Crippen molar-refractivity contribution in [3.05, 3.63) is 18.2 Å². The number of hydrogen-bond donors (Lipinski definition) is 3. The largest absolute Gasteiger partial charge is 0.477 e. The number of carboxylic acid groups (broad SMARTS) is 1. The van der Waals surface area contributed by atoms with Gasteiger partial charge in [0.15, 0.2) is 5.71 Å². The molecular weight excluding hydrogens is 290 g/mol. The molecule has 20 heavy (non-hydrogen) atoms. The van der Waals surface area contributed by atoms with Gasteiger partial charge in [-0.1, -0.05) is 0 Å². The number of carboxylic acids is 1. The summed E-state index contributed by atoms with van der Waals surface area (Å²) in [5, 5.41) is 13.2. The van der Waals surface area contributed by atoms with E-state index in [0.29, 0.717) is 0 Å². The molecule has 1 heterocycles. The number of amides is 1. The zero-order valence-electron chi connectivity index (χ0n) is 9.85. The molecule has 1 aliphatic heterocycles. The lowest BCUT2D eigenvalue weighted by Gasteiger charge is -2.13. The Morgan fingerprint density at radius 2 is 2.05 bits per heavy atom. The van der Waals surface area contributed by atoms with Crippen LogP contribution in [-0.2, 0) is 19.7 Å². The molecule has 0 saturated carbocycles. The molecule has 0 spiro atoms. The minimum absolute atomic E-state index is 0.108. The number of hydrogen-bond acceptors (Lipinski definition) is 6. The lowest BCUT2D eigenvalue weighted by Crippen LogP contribution is -2.20. The van der Waals surface area contributed by atoms with E-state index in [9.17, 15) is 18.0 Å². The quantitative estimate of drug-likeness (QED) is 0.511. The highest BCUT2D eigenvalue weighted by molar-refractivity contribution is 7.86. The van der Waals surface area contributed by atoms with E-state index in [1.165, 1.54) is 6.07 Å². The highest BCUT2D eigenvalue weighted by atomic mass is 32.2. The highest BCUT2D eigenvalue weighted by Crippen LogP contribution is 2.27. The van der Waals surface area contributed by atoms with E-state index in [4.69, 9.17) is 15.4 Å². The zero-order chi connectivity index (χ0) is 15.1. The smallest absolute Gasteiger partial charge is 0.352 e. The first kappa shape index (κ1) is 14.0. The van der Waals surface area contributed by atoms with Gasteiger partial charge in [0.1, 0.15) is 4.90 Å². The average Bonchev–Trinajstić information content (AvgIpc) is 2.69. The topological polar surface area (TPSA) is 150 Å². The van der Waals surface area contributed by atoms with Crippen molar-refractivity contribution >= 4 is 39.1 Å². The molecule has 10 heteroatoms. The molecule has 0 aromatic heterocycles. The van der Waals surface area contributed by atoms with Crippen LogP contribution in [0.25, 0.3) is 0 Å². The Bertz CT molecular complexity index is 739. The monoisotopic (exact) mass is 299 g/mol. The van der Waals surface area contributed by atoms with E-state index in [0.717, 1.165) is 17.1 Å². The summed E-state index contributed by atoms with van der Waals surface area (Å²) in [4.78, 5) is 21.8. The number of nitrogens with zero attached hydrogens (tertiary/aromatic N) is 2. The number of aliphatic carboxylic acids is 1. The Morgan fingerprint density at radius 1 is 1.40 bits per heavy atom. The Hall–Kier alpha value is -2.46. The number of carbonyl (C=O) groups is 2. The SMILES string of the molecule is Nc1cc(N2N=C(C(=O)O)CC2=O)ccc1S(=O)(=O)O. The van der Waals surface area contributed by atoms with E-state index >= 15 is 0 Å². The van der Waals surface area contributed by atoms with Gasteiger partial charge in [0, 0.05) is 0 Å². The second-order valence-corrected chi connectivity index (χ2v) is 5.32. The molecule has 0 radical (unpaired) electrons. The fourth-order valence-electron chi connectivity index (χ4n) is 1.65. The minimum atomic E-state index is -4.47. The van der Waals surface area contributed by atoms with Crippen LogP contribution >= 0.6 is 0 Å². The van der Waals surface area contributed by atoms with Gasteiger partial charge in [-0.25, -0.2) is 4.79 Å². The molecular formula is C10H9N3O6S. The van der Waals surface area contributed by atoms with Crippen LogP contribution in [0.2, 0.25) is 0 Å². The summed E-state index contributed by atoms with van der Waals surface area (Å²) >= 11 is 0. The third-order valence-corrected chi connectivity index (χ3v) is 3.47. The van der Waals surface area contributed by atoms with E-state index < -0.39 is 26.9 Å².